The summed E-state index contributed by atoms with van der Waals surface area (Å²) in [5, 5.41) is 2.84. The minimum absolute atomic E-state index is 0.142. The molecule has 1 amide bonds. The lowest BCUT2D eigenvalue weighted by Crippen LogP contribution is -2.36. The molecule has 0 radical (unpaired) electrons. The van der Waals surface area contributed by atoms with Gasteiger partial charge in [-0.3, -0.25) is 4.79 Å². The van der Waals surface area contributed by atoms with Crippen molar-refractivity contribution in [3.63, 3.8) is 0 Å². The van der Waals surface area contributed by atoms with Crippen molar-refractivity contribution in [1.29, 1.82) is 0 Å². The molecule has 0 spiro atoms. The fourth-order valence-electron chi connectivity index (χ4n) is 2.68. The molecule has 5 nitrogen and oxygen atoms in total. The summed E-state index contributed by atoms with van der Waals surface area (Å²) < 4.78 is 5.35. The maximum absolute atomic E-state index is 12.3. The highest BCUT2D eigenvalue weighted by molar-refractivity contribution is 6.03. The summed E-state index contributed by atoms with van der Waals surface area (Å²) in [6.45, 7) is 7.49. The summed E-state index contributed by atoms with van der Waals surface area (Å²) in [5.74, 6) is 0.874. The van der Waals surface area contributed by atoms with E-state index in [9.17, 15) is 4.79 Å². The van der Waals surface area contributed by atoms with Crippen molar-refractivity contribution >= 4 is 17.4 Å². The molecule has 0 aliphatic carbocycles. The molecule has 1 N–H and O–H groups in total. The number of ether oxygens (including phenoxy) is 1. The zero-order valence-corrected chi connectivity index (χ0v) is 14.2. The van der Waals surface area contributed by atoms with Gasteiger partial charge in [0, 0.05) is 18.7 Å². The van der Waals surface area contributed by atoms with Crippen LogP contribution in [-0.2, 0) is 4.74 Å². The van der Waals surface area contributed by atoms with Crippen LogP contribution >= 0.6 is 0 Å². The van der Waals surface area contributed by atoms with E-state index in [0.29, 0.717) is 17.3 Å². The smallest absolute Gasteiger partial charge is 0.256 e. The summed E-state index contributed by atoms with van der Waals surface area (Å²) in [6.07, 6.45) is 1.79. The highest BCUT2D eigenvalue weighted by Crippen LogP contribution is 2.18. The lowest BCUT2D eigenvalue weighted by Gasteiger charge is -2.28. The van der Waals surface area contributed by atoms with Crippen LogP contribution in [0.1, 0.15) is 35.7 Å². The summed E-state index contributed by atoms with van der Waals surface area (Å²) in [4.78, 5) is 18.9. The monoisotopic (exact) mass is 325 g/mol. The van der Waals surface area contributed by atoms with Crippen LogP contribution in [-0.4, -0.2) is 37.2 Å². The molecule has 2 heterocycles. The number of pyridine rings is 1. The molecule has 1 aromatic carbocycles. The fourth-order valence-corrected chi connectivity index (χ4v) is 2.68. The van der Waals surface area contributed by atoms with Gasteiger partial charge >= 0.3 is 0 Å². The van der Waals surface area contributed by atoms with Gasteiger partial charge in [0.2, 0.25) is 0 Å². The first-order chi connectivity index (χ1) is 11.6. The van der Waals surface area contributed by atoms with E-state index in [-0.39, 0.29) is 5.91 Å². The van der Waals surface area contributed by atoms with Crippen molar-refractivity contribution in [2.75, 3.05) is 36.5 Å². The van der Waals surface area contributed by atoms with Crippen LogP contribution in [0.4, 0.5) is 11.5 Å². The molecule has 1 aliphatic heterocycles. The van der Waals surface area contributed by atoms with E-state index in [4.69, 9.17) is 4.74 Å². The number of benzene rings is 1. The Morgan fingerprint density at radius 3 is 2.42 bits per heavy atom. The quantitative estimate of drug-likeness (QED) is 0.937. The molecule has 3 rings (SSSR count). The number of nitrogens with one attached hydrogen (secondary N) is 1. The number of amides is 1. The van der Waals surface area contributed by atoms with Gasteiger partial charge in [-0.05, 0) is 35.7 Å². The molecule has 1 aliphatic rings. The number of anilines is 2. The number of hydrogen-bond acceptors (Lipinski definition) is 4. The van der Waals surface area contributed by atoms with Crippen molar-refractivity contribution in [3.05, 3.63) is 53.7 Å². The molecule has 0 atom stereocenters. The molecule has 1 aromatic heterocycles. The molecular weight excluding hydrogens is 302 g/mol. The van der Waals surface area contributed by atoms with Gasteiger partial charge in [0.25, 0.3) is 5.91 Å². The predicted octanol–water partition coefficient (Wildman–Crippen LogP) is 3.29. The third kappa shape index (κ3) is 3.92. The van der Waals surface area contributed by atoms with Crippen molar-refractivity contribution in [3.8, 4) is 0 Å². The van der Waals surface area contributed by atoms with E-state index in [2.05, 4.69) is 29.0 Å². The minimum atomic E-state index is -0.142. The van der Waals surface area contributed by atoms with Crippen LogP contribution in [0.3, 0.4) is 0 Å². The first-order valence-electron chi connectivity index (χ1n) is 8.33. The van der Waals surface area contributed by atoms with Crippen molar-refractivity contribution in [2.24, 2.45) is 0 Å². The Morgan fingerprint density at radius 1 is 1.12 bits per heavy atom. The van der Waals surface area contributed by atoms with E-state index in [1.165, 1.54) is 5.56 Å². The SMILES string of the molecule is CC(C)c1ccc(C(=O)Nc2ccc(N3CCOCC3)cn2)cc1. The topological polar surface area (TPSA) is 54.5 Å². The number of aromatic nitrogens is 1. The summed E-state index contributed by atoms with van der Waals surface area (Å²) >= 11 is 0. The van der Waals surface area contributed by atoms with Gasteiger partial charge in [0.05, 0.1) is 25.1 Å². The minimum Gasteiger partial charge on any atom is -0.378 e. The lowest BCUT2D eigenvalue weighted by molar-refractivity contribution is 0.102. The van der Waals surface area contributed by atoms with Gasteiger partial charge in [-0.25, -0.2) is 4.98 Å². The number of hydrogen-bond donors (Lipinski definition) is 1. The Labute approximate surface area is 142 Å². The van der Waals surface area contributed by atoms with Crippen molar-refractivity contribution in [2.45, 2.75) is 19.8 Å². The van der Waals surface area contributed by atoms with Crippen LogP contribution in [0.5, 0.6) is 0 Å². The second-order valence-corrected chi connectivity index (χ2v) is 6.23. The van der Waals surface area contributed by atoms with Crippen LogP contribution in [0.25, 0.3) is 0 Å². The predicted molar refractivity (Wildman–Crippen MR) is 95.8 cm³/mol. The highest BCUT2D eigenvalue weighted by Gasteiger charge is 2.12. The molecule has 0 bridgehead atoms. The zero-order chi connectivity index (χ0) is 16.9. The largest absolute Gasteiger partial charge is 0.378 e. The second kappa shape index (κ2) is 7.45. The second-order valence-electron chi connectivity index (χ2n) is 6.23. The Morgan fingerprint density at radius 2 is 1.83 bits per heavy atom. The van der Waals surface area contributed by atoms with E-state index in [1.807, 2.05) is 36.4 Å². The maximum atomic E-state index is 12.3. The molecular formula is C19H23N3O2. The van der Waals surface area contributed by atoms with Crippen LogP contribution in [0.15, 0.2) is 42.6 Å². The normalized spacial score (nSPS) is 14.7. The molecule has 5 heteroatoms. The Balaban J connectivity index is 1.63. The lowest BCUT2D eigenvalue weighted by atomic mass is 10.0. The average Bonchev–Trinajstić information content (AvgIpc) is 2.63. The van der Waals surface area contributed by atoms with E-state index >= 15 is 0 Å². The summed E-state index contributed by atoms with van der Waals surface area (Å²) in [7, 11) is 0. The summed E-state index contributed by atoms with van der Waals surface area (Å²) in [5.41, 5.74) is 2.91. The van der Waals surface area contributed by atoms with E-state index < -0.39 is 0 Å². The fraction of sp³-hybridized carbons (Fsp3) is 0.368. The third-order valence-corrected chi connectivity index (χ3v) is 4.21. The van der Waals surface area contributed by atoms with Crippen molar-refractivity contribution in [1.82, 2.24) is 4.98 Å². The number of carbonyl (C=O) groups excluding carboxylic acids is 1. The van der Waals surface area contributed by atoms with Gasteiger partial charge in [-0.2, -0.15) is 0 Å². The van der Waals surface area contributed by atoms with Gasteiger partial charge in [-0.15, -0.1) is 0 Å². The standard InChI is InChI=1S/C19H23N3O2/c1-14(2)15-3-5-16(6-4-15)19(23)21-18-8-7-17(13-20-18)22-9-11-24-12-10-22/h3-8,13-14H,9-12H2,1-2H3,(H,20,21,23). The maximum Gasteiger partial charge on any atom is 0.256 e. The number of rotatable bonds is 4. The zero-order valence-electron chi connectivity index (χ0n) is 14.2. The van der Waals surface area contributed by atoms with E-state index in [0.717, 1.165) is 32.0 Å². The molecule has 1 saturated heterocycles. The van der Waals surface area contributed by atoms with Crippen LogP contribution in [0.2, 0.25) is 0 Å². The Kier molecular flexibility index (Phi) is 5.11. The van der Waals surface area contributed by atoms with Gasteiger partial charge < -0.3 is 15.0 Å². The molecule has 2 aromatic rings. The van der Waals surface area contributed by atoms with Crippen molar-refractivity contribution < 1.29 is 9.53 Å². The Bertz CT molecular complexity index is 675. The first kappa shape index (κ1) is 16.5. The molecule has 0 unspecified atom stereocenters. The van der Waals surface area contributed by atoms with E-state index in [1.54, 1.807) is 6.20 Å². The number of nitrogens with zero attached hydrogens (tertiary/aromatic N) is 2. The van der Waals surface area contributed by atoms with Gasteiger partial charge in [0.15, 0.2) is 0 Å². The number of morpholine rings is 1. The highest BCUT2D eigenvalue weighted by atomic mass is 16.5. The molecule has 1 fully saturated rings. The van der Waals surface area contributed by atoms with Gasteiger partial charge in [-0.1, -0.05) is 26.0 Å². The third-order valence-electron chi connectivity index (χ3n) is 4.21. The van der Waals surface area contributed by atoms with Crippen LogP contribution < -0.4 is 10.2 Å². The van der Waals surface area contributed by atoms with Gasteiger partial charge in [0.1, 0.15) is 5.82 Å². The summed E-state index contributed by atoms with van der Waals surface area (Å²) in [6, 6.07) is 11.5. The van der Waals surface area contributed by atoms with Crippen LogP contribution in [0, 0.1) is 0 Å². The molecule has 126 valence electrons. The first-order valence-corrected chi connectivity index (χ1v) is 8.33. The Hall–Kier alpha value is -2.40. The average molecular weight is 325 g/mol. The molecule has 0 saturated carbocycles. The molecule has 24 heavy (non-hydrogen) atoms. The number of carbonyl (C=O) groups is 1.